The molecule has 0 bridgehead atoms. The maximum atomic E-state index is 13.8. The highest BCUT2D eigenvalue weighted by Gasteiger charge is 2.35. The van der Waals surface area contributed by atoms with E-state index in [1.54, 1.807) is 62.1 Å². The summed E-state index contributed by atoms with van der Waals surface area (Å²) in [7, 11) is 0. The minimum absolute atomic E-state index is 0.0560. The first kappa shape index (κ1) is 29.5. The Morgan fingerprint density at radius 1 is 0.955 bits per heavy atom. The first-order valence-electron chi connectivity index (χ1n) is 14.1. The molecule has 44 heavy (non-hydrogen) atoms. The van der Waals surface area contributed by atoms with E-state index in [0.717, 1.165) is 26.4 Å². The van der Waals surface area contributed by atoms with Crippen molar-refractivity contribution in [1.82, 2.24) is 0 Å². The summed E-state index contributed by atoms with van der Waals surface area (Å²) in [5.74, 6) is -0.0604. The SMILES string of the molecule is CC(C)(C)OC(=O)Nc1ccc(C(=O)Nc2ccc3sc(C(=O)N4C[C@@H](CCl)c5c4cc(O)c4ccccc54)cc3c2)cc1. The van der Waals surface area contributed by atoms with Crippen molar-refractivity contribution in [3.05, 3.63) is 94.9 Å². The average Bonchev–Trinajstić information content (AvgIpc) is 3.57. The van der Waals surface area contributed by atoms with Gasteiger partial charge in [-0.1, -0.05) is 24.3 Å². The van der Waals surface area contributed by atoms with E-state index in [4.69, 9.17) is 16.3 Å². The van der Waals surface area contributed by atoms with Crippen LogP contribution in [0.15, 0.2) is 78.9 Å². The molecule has 1 aliphatic heterocycles. The molecule has 4 aromatic carbocycles. The number of anilines is 3. The zero-order valence-electron chi connectivity index (χ0n) is 24.3. The quantitative estimate of drug-likeness (QED) is 0.170. The molecular weight excluding hydrogens is 598 g/mol. The highest BCUT2D eigenvalue weighted by atomic mass is 35.5. The summed E-state index contributed by atoms with van der Waals surface area (Å²) >= 11 is 7.73. The number of rotatable bonds is 5. The van der Waals surface area contributed by atoms with E-state index >= 15 is 0 Å². The lowest BCUT2D eigenvalue weighted by atomic mass is 9.95. The molecule has 5 aromatic rings. The van der Waals surface area contributed by atoms with E-state index < -0.39 is 11.7 Å². The Hall–Kier alpha value is -4.60. The number of alkyl halides is 1. The van der Waals surface area contributed by atoms with Crippen molar-refractivity contribution in [3.8, 4) is 5.75 Å². The van der Waals surface area contributed by atoms with Gasteiger partial charge in [-0.25, -0.2) is 4.79 Å². The predicted molar refractivity (Wildman–Crippen MR) is 177 cm³/mol. The first-order valence-corrected chi connectivity index (χ1v) is 15.4. The standard InChI is InChI=1S/C34H30ClN3O5S/c1-34(2,3)43-33(42)37-22-10-8-19(9-11-22)31(40)36-23-12-13-28-20(14-23)15-29(44-28)32(41)38-18-21(17-35)30-25-7-5-4-6-24(25)27(39)16-26(30)38/h4-16,21,39H,17-18H2,1-3H3,(H,36,40)(H,37,42)/t21-/m1/s1. The predicted octanol–water partition coefficient (Wildman–Crippen LogP) is 8.34. The van der Waals surface area contributed by atoms with Gasteiger partial charge >= 0.3 is 6.09 Å². The van der Waals surface area contributed by atoms with Gasteiger partial charge in [-0.2, -0.15) is 0 Å². The normalized spacial score (nSPS) is 14.5. The number of thiophene rings is 1. The van der Waals surface area contributed by atoms with Gasteiger partial charge in [0.15, 0.2) is 0 Å². The minimum Gasteiger partial charge on any atom is -0.507 e. The Bertz CT molecular complexity index is 1930. The van der Waals surface area contributed by atoms with Crippen molar-refractivity contribution in [1.29, 1.82) is 0 Å². The third-order valence-electron chi connectivity index (χ3n) is 7.35. The largest absolute Gasteiger partial charge is 0.507 e. The molecule has 3 N–H and O–H groups in total. The molecule has 0 spiro atoms. The number of fused-ring (bicyclic) bond motifs is 4. The third kappa shape index (κ3) is 5.80. The number of carbonyl (C=O) groups excluding carboxylic acids is 3. The lowest BCUT2D eigenvalue weighted by molar-refractivity contribution is 0.0635. The van der Waals surface area contributed by atoms with Crippen molar-refractivity contribution in [3.63, 3.8) is 0 Å². The third-order valence-corrected chi connectivity index (χ3v) is 8.83. The number of hydrogen-bond donors (Lipinski definition) is 3. The van der Waals surface area contributed by atoms with Crippen LogP contribution in [0.1, 0.15) is 52.3 Å². The van der Waals surface area contributed by atoms with Crippen LogP contribution in [0.5, 0.6) is 5.75 Å². The van der Waals surface area contributed by atoms with Crippen LogP contribution in [0.2, 0.25) is 0 Å². The molecule has 6 rings (SSSR count). The molecule has 3 amide bonds. The van der Waals surface area contributed by atoms with Crippen LogP contribution in [0.25, 0.3) is 20.9 Å². The summed E-state index contributed by atoms with van der Waals surface area (Å²) < 4.78 is 6.16. The van der Waals surface area contributed by atoms with Gasteiger partial charge in [-0.15, -0.1) is 22.9 Å². The molecule has 10 heteroatoms. The second kappa shape index (κ2) is 11.5. The molecule has 0 aliphatic carbocycles. The fourth-order valence-corrected chi connectivity index (χ4v) is 6.68. The van der Waals surface area contributed by atoms with Gasteiger partial charge in [0.1, 0.15) is 11.4 Å². The van der Waals surface area contributed by atoms with Gasteiger partial charge in [0.05, 0.1) is 10.6 Å². The zero-order chi connectivity index (χ0) is 31.2. The molecular formula is C34H30ClN3O5S. The Kier molecular flexibility index (Phi) is 7.69. The van der Waals surface area contributed by atoms with Gasteiger partial charge in [0.2, 0.25) is 0 Å². The lowest BCUT2D eigenvalue weighted by Gasteiger charge is -2.19. The van der Waals surface area contributed by atoms with Crippen LogP contribution < -0.4 is 15.5 Å². The van der Waals surface area contributed by atoms with Gasteiger partial charge in [-0.3, -0.25) is 14.9 Å². The number of ether oxygens (including phenoxy) is 1. The van der Waals surface area contributed by atoms with E-state index in [2.05, 4.69) is 10.6 Å². The molecule has 0 radical (unpaired) electrons. The van der Waals surface area contributed by atoms with Gasteiger partial charge in [0, 0.05) is 51.4 Å². The van der Waals surface area contributed by atoms with Crippen molar-refractivity contribution >= 4 is 78.8 Å². The summed E-state index contributed by atoms with van der Waals surface area (Å²) in [6.45, 7) is 5.77. The van der Waals surface area contributed by atoms with E-state index in [1.165, 1.54) is 11.3 Å². The van der Waals surface area contributed by atoms with E-state index in [0.29, 0.717) is 39.9 Å². The minimum atomic E-state index is -0.617. The highest BCUT2D eigenvalue weighted by molar-refractivity contribution is 7.21. The van der Waals surface area contributed by atoms with Crippen molar-refractivity contribution < 1.29 is 24.2 Å². The fourth-order valence-electron chi connectivity index (χ4n) is 5.43. The molecule has 8 nitrogen and oxygen atoms in total. The van der Waals surface area contributed by atoms with Crippen LogP contribution in [0.3, 0.4) is 0 Å². The van der Waals surface area contributed by atoms with Crippen molar-refractivity contribution in [2.24, 2.45) is 0 Å². The van der Waals surface area contributed by atoms with Crippen molar-refractivity contribution in [2.45, 2.75) is 32.3 Å². The number of carbonyl (C=O) groups is 3. The van der Waals surface area contributed by atoms with Gasteiger partial charge in [-0.05, 0) is 85.6 Å². The van der Waals surface area contributed by atoms with E-state index in [1.807, 2.05) is 42.5 Å². The first-order chi connectivity index (χ1) is 21.0. The molecule has 1 atom stereocenters. The molecule has 0 fully saturated rings. The van der Waals surface area contributed by atoms with E-state index in [9.17, 15) is 19.5 Å². The fraction of sp³-hybridized carbons (Fsp3) is 0.206. The average molecular weight is 628 g/mol. The Balaban J connectivity index is 1.19. The molecule has 224 valence electrons. The monoisotopic (exact) mass is 627 g/mol. The summed E-state index contributed by atoms with van der Waals surface area (Å²) in [6.07, 6.45) is -0.573. The molecule has 1 aliphatic rings. The van der Waals surface area contributed by atoms with Crippen LogP contribution in [0.4, 0.5) is 21.9 Å². The maximum absolute atomic E-state index is 13.8. The number of nitrogens with one attached hydrogen (secondary N) is 2. The summed E-state index contributed by atoms with van der Waals surface area (Å²) in [5.41, 5.74) is 2.54. The summed E-state index contributed by atoms with van der Waals surface area (Å²) in [5, 5.41) is 18.7. The highest BCUT2D eigenvalue weighted by Crippen LogP contribution is 2.46. The molecule has 0 saturated heterocycles. The number of amides is 3. The smallest absolute Gasteiger partial charge is 0.412 e. The molecule has 2 heterocycles. The number of phenols is 1. The zero-order valence-corrected chi connectivity index (χ0v) is 25.9. The molecule has 1 aromatic heterocycles. The topological polar surface area (TPSA) is 108 Å². The van der Waals surface area contributed by atoms with Crippen LogP contribution in [-0.4, -0.2) is 41.0 Å². The van der Waals surface area contributed by atoms with Gasteiger partial charge < -0.3 is 20.1 Å². The number of halogens is 1. The number of benzene rings is 4. The van der Waals surface area contributed by atoms with Crippen LogP contribution >= 0.6 is 22.9 Å². The van der Waals surface area contributed by atoms with Crippen LogP contribution in [0, 0.1) is 0 Å². The maximum Gasteiger partial charge on any atom is 0.412 e. The Morgan fingerprint density at radius 3 is 2.36 bits per heavy atom. The molecule has 0 saturated carbocycles. The lowest BCUT2D eigenvalue weighted by Crippen LogP contribution is -2.29. The Labute approximate surface area is 263 Å². The van der Waals surface area contributed by atoms with Gasteiger partial charge in [0.25, 0.3) is 11.8 Å². The van der Waals surface area contributed by atoms with Crippen LogP contribution in [-0.2, 0) is 4.74 Å². The number of phenolic OH excluding ortho intramolecular Hbond substituents is 1. The summed E-state index contributed by atoms with van der Waals surface area (Å²) in [6, 6.07) is 23.1. The number of aromatic hydroxyl groups is 1. The molecule has 0 unspecified atom stereocenters. The second-order valence-electron chi connectivity index (χ2n) is 11.7. The number of nitrogens with zero attached hydrogens (tertiary/aromatic N) is 1. The van der Waals surface area contributed by atoms with Crippen molar-refractivity contribution in [2.75, 3.05) is 28.0 Å². The Morgan fingerprint density at radius 2 is 1.66 bits per heavy atom. The van der Waals surface area contributed by atoms with E-state index in [-0.39, 0.29) is 23.5 Å². The number of hydrogen-bond acceptors (Lipinski definition) is 6. The second-order valence-corrected chi connectivity index (χ2v) is 13.1. The summed E-state index contributed by atoms with van der Waals surface area (Å²) in [4.78, 5) is 41.0.